The van der Waals surface area contributed by atoms with E-state index >= 15 is 0 Å². The average Bonchev–Trinajstić information content (AvgIpc) is 2.23. The van der Waals surface area contributed by atoms with Gasteiger partial charge in [-0.3, -0.25) is 4.79 Å². The second-order valence-electron chi connectivity index (χ2n) is 3.42. The third kappa shape index (κ3) is 4.30. The Hall–Kier alpha value is -2.00. The molecule has 1 heterocycles. The molecule has 106 valence electrons. The second-order valence-corrected chi connectivity index (χ2v) is 3.42. The van der Waals surface area contributed by atoms with Crippen molar-refractivity contribution < 1.29 is 31.1 Å². The highest BCUT2D eigenvalue weighted by Crippen LogP contribution is 2.29. The van der Waals surface area contributed by atoms with Crippen LogP contribution in [0.5, 0.6) is 0 Å². The summed E-state index contributed by atoms with van der Waals surface area (Å²) in [4.78, 5) is 13.8. The van der Waals surface area contributed by atoms with E-state index in [9.17, 15) is 31.1 Å². The number of halogens is 6. The van der Waals surface area contributed by atoms with Crippen LogP contribution in [-0.2, 0) is 6.18 Å². The van der Waals surface area contributed by atoms with Crippen molar-refractivity contribution >= 4 is 11.7 Å². The monoisotopic (exact) mass is 287 g/mol. The molecule has 1 amide bonds. The fourth-order valence-electron chi connectivity index (χ4n) is 1.13. The van der Waals surface area contributed by atoms with Gasteiger partial charge in [0.25, 0.3) is 5.91 Å². The predicted molar refractivity (Wildman–Crippen MR) is 52.3 cm³/mol. The number of rotatable bonds is 3. The van der Waals surface area contributed by atoms with Crippen molar-refractivity contribution in [1.82, 2.24) is 4.98 Å². The SMILES string of the molecule is NC(=O)c1ccc(C(F)(F)F)nc1NCC(F)(F)F. The van der Waals surface area contributed by atoms with Gasteiger partial charge in [0, 0.05) is 0 Å². The fourth-order valence-corrected chi connectivity index (χ4v) is 1.13. The van der Waals surface area contributed by atoms with Gasteiger partial charge in [-0.1, -0.05) is 0 Å². The van der Waals surface area contributed by atoms with E-state index in [1.165, 1.54) is 0 Å². The molecule has 0 bridgehead atoms. The van der Waals surface area contributed by atoms with Crippen molar-refractivity contribution in [1.29, 1.82) is 0 Å². The molecule has 0 radical (unpaired) electrons. The lowest BCUT2D eigenvalue weighted by Crippen LogP contribution is -2.25. The molecular weight excluding hydrogens is 280 g/mol. The summed E-state index contributed by atoms with van der Waals surface area (Å²) in [6, 6.07) is 1.12. The smallest absolute Gasteiger partial charge is 0.365 e. The summed E-state index contributed by atoms with van der Waals surface area (Å²) in [5, 5.41) is 1.61. The van der Waals surface area contributed by atoms with Crippen LogP contribution in [0.25, 0.3) is 0 Å². The standard InChI is InChI=1S/C9H7F6N3O/c10-8(11,12)3-17-7-4(6(16)19)1-2-5(18-7)9(13,14)15/h1-2H,3H2,(H2,16,19)(H,17,18). The lowest BCUT2D eigenvalue weighted by Gasteiger charge is -2.13. The molecule has 0 atom stereocenters. The van der Waals surface area contributed by atoms with Crippen molar-refractivity contribution in [2.75, 3.05) is 11.9 Å². The van der Waals surface area contributed by atoms with Crippen LogP contribution in [0.4, 0.5) is 32.2 Å². The lowest BCUT2D eigenvalue weighted by atomic mass is 10.2. The highest BCUT2D eigenvalue weighted by atomic mass is 19.4. The normalized spacial score (nSPS) is 12.3. The molecule has 0 unspecified atom stereocenters. The number of hydrogen-bond acceptors (Lipinski definition) is 3. The first kappa shape index (κ1) is 15.1. The third-order valence-electron chi connectivity index (χ3n) is 1.91. The van der Waals surface area contributed by atoms with E-state index in [-0.39, 0.29) is 0 Å². The Kier molecular flexibility index (Phi) is 3.91. The lowest BCUT2D eigenvalue weighted by molar-refractivity contribution is -0.141. The van der Waals surface area contributed by atoms with Gasteiger partial charge in [0.1, 0.15) is 18.1 Å². The summed E-state index contributed by atoms with van der Waals surface area (Å²) in [5.41, 5.74) is 2.84. The van der Waals surface area contributed by atoms with Gasteiger partial charge in [0.05, 0.1) is 5.56 Å². The highest BCUT2D eigenvalue weighted by Gasteiger charge is 2.34. The minimum atomic E-state index is -4.84. The molecule has 1 rings (SSSR count). The van der Waals surface area contributed by atoms with Gasteiger partial charge in [-0.2, -0.15) is 26.3 Å². The molecule has 0 aliphatic rings. The van der Waals surface area contributed by atoms with Gasteiger partial charge in [0.2, 0.25) is 0 Å². The Morgan fingerprint density at radius 2 is 1.79 bits per heavy atom. The maximum absolute atomic E-state index is 12.3. The molecule has 0 spiro atoms. The molecule has 10 heteroatoms. The number of alkyl halides is 6. The van der Waals surface area contributed by atoms with E-state index in [1.54, 1.807) is 5.32 Å². The third-order valence-corrected chi connectivity index (χ3v) is 1.91. The number of nitrogens with one attached hydrogen (secondary N) is 1. The quantitative estimate of drug-likeness (QED) is 0.837. The molecule has 19 heavy (non-hydrogen) atoms. The zero-order valence-corrected chi connectivity index (χ0v) is 9.06. The van der Waals surface area contributed by atoms with E-state index in [2.05, 4.69) is 4.98 Å². The molecule has 1 aromatic heterocycles. The van der Waals surface area contributed by atoms with Gasteiger partial charge in [-0.25, -0.2) is 4.98 Å². The number of nitrogens with zero attached hydrogens (tertiary/aromatic N) is 1. The number of carbonyl (C=O) groups excluding carboxylic acids is 1. The van der Waals surface area contributed by atoms with Crippen LogP contribution in [0, 0.1) is 0 Å². The summed E-state index contributed by atoms with van der Waals surface area (Å²) < 4.78 is 73.0. The summed E-state index contributed by atoms with van der Waals surface area (Å²) in [7, 11) is 0. The maximum atomic E-state index is 12.3. The van der Waals surface area contributed by atoms with Crippen molar-refractivity contribution in [2.24, 2.45) is 5.73 Å². The molecule has 1 aromatic rings. The van der Waals surface area contributed by atoms with Gasteiger partial charge in [0.15, 0.2) is 0 Å². The van der Waals surface area contributed by atoms with Crippen LogP contribution in [0.15, 0.2) is 12.1 Å². The van der Waals surface area contributed by atoms with E-state index in [4.69, 9.17) is 5.73 Å². The molecule has 0 aliphatic heterocycles. The number of pyridine rings is 1. The molecule has 0 saturated heterocycles. The van der Waals surface area contributed by atoms with Crippen LogP contribution < -0.4 is 11.1 Å². The minimum Gasteiger partial charge on any atom is -0.365 e. The fraction of sp³-hybridized carbons (Fsp3) is 0.333. The molecular formula is C9H7F6N3O. The Balaban J connectivity index is 3.13. The minimum absolute atomic E-state index is 0.457. The second kappa shape index (κ2) is 4.94. The Labute approximate surface area is 102 Å². The van der Waals surface area contributed by atoms with Crippen LogP contribution in [-0.4, -0.2) is 23.6 Å². The molecule has 3 N–H and O–H groups in total. The first-order chi connectivity index (χ1) is 8.50. The number of anilines is 1. The first-order valence-electron chi connectivity index (χ1n) is 4.69. The number of amides is 1. The molecule has 0 aromatic carbocycles. The molecule has 4 nitrogen and oxygen atoms in total. The van der Waals surface area contributed by atoms with Crippen molar-refractivity contribution in [3.05, 3.63) is 23.4 Å². The van der Waals surface area contributed by atoms with Crippen LogP contribution in [0.1, 0.15) is 16.1 Å². The van der Waals surface area contributed by atoms with Gasteiger partial charge < -0.3 is 11.1 Å². The van der Waals surface area contributed by atoms with Crippen LogP contribution in [0.2, 0.25) is 0 Å². The maximum Gasteiger partial charge on any atom is 0.433 e. The average molecular weight is 287 g/mol. The van der Waals surface area contributed by atoms with E-state index in [0.29, 0.717) is 12.1 Å². The van der Waals surface area contributed by atoms with Crippen LogP contribution in [0.3, 0.4) is 0 Å². The van der Waals surface area contributed by atoms with E-state index in [1.807, 2.05) is 0 Å². The number of aromatic nitrogens is 1. The molecule has 0 fully saturated rings. The zero-order valence-electron chi connectivity index (χ0n) is 9.06. The molecule has 0 aliphatic carbocycles. The largest absolute Gasteiger partial charge is 0.433 e. The number of carbonyl (C=O) groups is 1. The number of nitrogens with two attached hydrogens (primary N) is 1. The van der Waals surface area contributed by atoms with Gasteiger partial charge in [-0.15, -0.1) is 0 Å². The van der Waals surface area contributed by atoms with Crippen molar-refractivity contribution in [2.45, 2.75) is 12.4 Å². The number of primary amides is 1. The van der Waals surface area contributed by atoms with E-state index < -0.39 is 41.9 Å². The highest BCUT2D eigenvalue weighted by molar-refractivity contribution is 5.97. The topological polar surface area (TPSA) is 68.0 Å². The van der Waals surface area contributed by atoms with Gasteiger partial charge >= 0.3 is 12.4 Å². The summed E-state index contributed by atoms with van der Waals surface area (Å²) in [6.07, 6.45) is -9.52. The van der Waals surface area contributed by atoms with Crippen molar-refractivity contribution in [3.8, 4) is 0 Å². The summed E-state index contributed by atoms with van der Waals surface area (Å²) >= 11 is 0. The molecule has 0 saturated carbocycles. The predicted octanol–water partition coefficient (Wildman–Crippen LogP) is 2.17. The Morgan fingerprint density at radius 3 is 2.21 bits per heavy atom. The van der Waals surface area contributed by atoms with Crippen molar-refractivity contribution in [3.63, 3.8) is 0 Å². The zero-order chi connectivity index (χ0) is 14.8. The summed E-state index contributed by atoms with van der Waals surface area (Å²) in [6.45, 7) is -1.64. The van der Waals surface area contributed by atoms with Crippen LogP contribution >= 0.6 is 0 Å². The van der Waals surface area contributed by atoms with E-state index in [0.717, 1.165) is 0 Å². The Morgan fingerprint density at radius 1 is 1.21 bits per heavy atom. The summed E-state index contributed by atoms with van der Waals surface area (Å²) in [5.74, 6) is -2.05. The first-order valence-corrected chi connectivity index (χ1v) is 4.69. The Bertz CT molecular complexity index is 482. The number of hydrogen-bond donors (Lipinski definition) is 2. The van der Waals surface area contributed by atoms with Gasteiger partial charge in [-0.05, 0) is 12.1 Å².